The number of halogens is 1. The zero-order valence-electron chi connectivity index (χ0n) is 11.0. The van der Waals surface area contributed by atoms with Crippen LogP contribution in [0.5, 0.6) is 0 Å². The minimum atomic E-state index is -1.55. The van der Waals surface area contributed by atoms with E-state index in [2.05, 4.69) is 25.8 Å². The van der Waals surface area contributed by atoms with Crippen molar-refractivity contribution in [2.24, 2.45) is 5.10 Å². The van der Waals surface area contributed by atoms with Gasteiger partial charge in [-0.05, 0) is 25.1 Å². The van der Waals surface area contributed by atoms with Crippen molar-refractivity contribution in [3.8, 4) is 0 Å². The van der Waals surface area contributed by atoms with Gasteiger partial charge in [-0.25, -0.2) is 4.79 Å². The van der Waals surface area contributed by atoms with Crippen molar-refractivity contribution in [1.29, 1.82) is 0 Å². The number of amides is 1. The molecule has 0 radical (unpaired) electrons. The van der Waals surface area contributed by atoms with Crippen LogP contribution in [-0.2, 0) is 9.53 Å². The second-order valence-electron chi connectivity index (χ2n) is 4.56. The van der Waals surface area contributed by atoms with E-state index >= 15 is 0 Å². The summed E-state index contributed by atoms with van der Waals surface area (Å²) in [6, 6.07) is 6.70. The van der Waals surface area contributed by atoms with Crippen molar-refractivity contribution in [2.75, 3.05) is 7.11 Å². The number of carbonyl (C=O) groups is 2. The lowest BCUT2D eigenvalue weighted by atomic mass is 10.1. The molecule has 1 heterocycles. The first-order chi connectivity index (χ1) is 9.35. The number of carbonyl (C=O) groups excluding carboxylic acids is 2. The predicted molar refractivity (Wildman–Crippen MR) is 75.0 cm³/mol. The molecule has 0 saturated heterocycles. The number of nitrogens with zero attached hydrogens (tertiary/aromatic N) is 2. The zero-order chi connectivity index (χ0) is 14.9. The van der Waals surface area contributed by atoms with Crippen molar-refractivity contribution in [1.82, 2.24) is 5.01 Å². The van der Waals surface area contributed by atoms with Crippen LogP contribution < -0.4 is 0 Å². The molecule has 1 N–H and O–H groups in total. The van der Waals surface area contributed by atoms with Crippen LogP contribution in [0.15, 0.2) is 33.8 Å². The number of hydrazone groups is 1. The molecule has 1 aromatic rings. The number of benzene rings is 1. The molecule has 20 heavy (non-hydrogen) atoms. The van der Waals surface area contributed by atoms with Crippen molar-refractivity contribution in [3.05, 3.63) is 34.3 Å². The van der Waals surface area contributed by atoms with E-state index < -0.39 is 17.6 Å². The maximum atomic E-state index is 12.4. The minimum absolute atomic E-state index is 0.0147. The Hall–Kier alpha value is -1.73. The molecule has 0 fully saturated rings. The number of hydrogen-bond acceptors (Lipinski definition) is 5. The number of methoxy groups -OCH3 is 1. The van der Waals surface area contributed by atoms with Gasteiger partial charge >= 0.3 is 5.97 Å². The number of hydrogen-bond donors (Lipinski definition) is 1. The average Bonchev–Trinajstić information content (AvgIpc) is 2.72. The summed E-state index contributed by atoms with van der Waals surface area (Å²) >= 11 is 3.27. The number of rotatable bonds is 2. The van der Waals surface area contributed by atoms with Crippen molar-refractivity contribution in [2.45, 2.75) is 19.1 Å². The normalized spacial score (nSPS) is 21.6. The summed E-state index contributed by atoms with van der Waals surface area (Å²) in [5.41, 5.74) is -1.18. The Morgan fingerprint density at radius 2 is 2.20 bits per heavy atom. The minimum Gasteiger partial charge on any atom is -0.464 e. The highest BCUT2D eigenvalue weighted by atomic mass is 79.9. The summed E-state index contributed by atoms with van der Waals surface area (Å²) in [6.07, 6.45) is -0.0700. The molecule has 1 atom stereocenters. The summed E-state index contributed by atoms with van der Waals surface area (Å²) < 4.78 is 5.29. The standard InChI is InChI=1S/C13H13BrN2O4/c1-13(19)7-10(12(18)20-2)15-16(13)11(17)8-4-3-5-9(14)6-8/h3-6,19H,7H2,1-2H3. The first-order valence-corrected chi connectivity index (χ1v) is 6.63. The quantitative estimate of drug-likeness (QED) is 0.828. The van der Waals surface area contributed by atoms with Gasteiger partial charge in [0, 0.05) is 16.5 Å². The van der Waals surface area contributed by atoms with Crippen molar-refractivity contribution >= 4 is 33.5 Å². The predicted octanol–water partition coefficient (Wildman–Crippen LogP) is 1.53. The molecule has 6 nitrogen and oxygen atoms in total. The van der Waals surface area contributed by atoms with Crippen LogP contribution in [0.1, 0.15) is 23.7 Å². The fourth-order valence-corrected chi connectivity index (χ4v) is 2.29. The van der Waals surface area contributed by atoms with Gasteiger partial charge in [-0.2, -0.15) is 10.1 Å². The van der Waals surface area contributed by atoms with Crippen LogP contribution >= 0.6 is 15.9 Å². The van der Waals surface area contributed by atoms with Gasteiger partial charge in [0.05, 0.1) is 7.11 Å². The highest BCUT2D eigenvalue weighted by Gasteiger charge is 2.43. The van der Waals surface area contributed by atoms with Gasteiger partial charge in [-0.1, -0.05) is 22.0 Å². The molecule has 0 aromatic heterocycles. The van der Waals surface area contributed by atoms with Gasteiger partial charge in [-0.15, -0.1) is 0 Å². The maximum Gasteiger partial charge on any atom is 0.354 e. The van der Waals surface area contributed by atoms with Crippen molar-refractivity contribution < 1.29 is 19.4 Å². The SMILES string of the molecule is COC(=O)C1=NN(C(=O)c2cccc(Br)c2)C(C)(O)C1. The average molecular weight is 341 g/mol. The van der Waals surface area contributed by atoms with Crippen LogP contribution in [0, 0.1) is 0 Å². The molecule has 1 aliphatic rings. The molecule has 1 aliphatic heterocycles. The second-order valence-corrected chi connectivity index (χ2v) is 5.48. The third-order valence-electron chi connectivity index (χ3n) is 2.86. The van der Waals surface area contributed by atoms with E-state index in [4.69, 9.17) is 0 Å². The topological polar surface area (TPSA) is 79.2 Å². The smallest absolute Gasteiger partial charge is 0.354 e. The zero-order valence-corrected chi connectivity index (χ0v) is 12.5. The summed E-state index contributed by atoms with van der Waals surface area (Å²) in [6.45, 7) is 1.42. The molecule has 7 heteroatoms. The Morgan fingerprint density at radius 3 is 2.80 bits per heavy atom. The van der Waals surface area contributed by atoms with Crippen molar-refractivity contribution in [3.63, 3.8) is 0 Å². The number of aliphatic hydroxyl groups is 1. The van der Waals surface area contributed by atoms with E-state index in [1.165, 1.54) is 14.0 Å². The summed E-state index contributed by atoms with van der Waals surface area (Å²) in [5, 5.41) is 15.0. The van der Waals surface area contributed by atoms with E-state index in [0.717, 1.165) is 9.48 Å². The van der Waals surface area contributed by atoms with E-state index in [-0.39, 0.29) is 12.1 Å². The first kappa shape index (κ1) is 14.7. The summed E-state index contributed by atoms with van der Waals surface area (Å²) in [5.74, 6) is -1.15. The molecule has 1 unspecified atom stereocenters. The van der Waals surface area contributed by atoms with Crippen LogP contribution in [0.3, 0.4) is 0 Å². The molecule has 106 valence electrons. The van der Waals surface area contributed by atoms with Crippen LogP contribution in [0.4, 0.5) is 0 Å². The highest BCUT2D eigenvalue weighted by molar-refractivity contribution is 9.10. The third kappa shape index (κ3) is 2.73. The Labute approximate surface area is 124 Å². The molecule has 0 aliphatic carbocycles. The Morgan fingerprint density at radius 1 is 1.50 bits per heavy atom. The molecular weight excluding hydrogens is 328 g/mol. The lowest BCUT2D eigenvalue weighted by Crippen LogP contribution is -2.43. The van der Waals surface area contributed by atoms with Crippen LogP contribution in [0.25, 0.3) is 0 Å². The van der Waals surface area contributed by atoms with Crippen LogP contribution in [0.2, 0.25) is 0 Å². The van der Waals surface area contributed by atoms with Gasteiger partial charge in [0.1, 0.15) is 0 Å². The molecule has 2 rings (SSSR count). The van der Waals surface area contributed by atoms with E-state index in [1.54, 1.807) is 24.3 Å². The molecule has 1 aromatic carbocycles. The first-order valence-electron chi connectivity index (χ1n) is 5.83. The van der Waals surface area contributed by atoms with E-state index in [9.17, 15) is 14.7 Å². The molecular formula is C13H13BrN2O4. The monoisotopic (exact) mass is 340 g/mol. The van der Waals surface area contributed by atoms with Gasteiger partial charge in [0.15, 0.2) is 11.4 Å². The molecule has 0 saturated carbocycles. The largest absolute Gasteiger partial charge is 0.464 e. The van der Waals surface area contributed by atoms with Gasteiger partial charge in [0.2, 0.25) is 0 Å². The fraction of sp³-hybridized carbons (Fsp3) is 0.308. The maximum absolute atomic E-state index is 12.4. The molecule has 1 amide bonds. The van der Waals surface area contributed by atoms with E-state index in [0.29, 0.717) is 5.56 Å². The summed E-state index contributed by atoms with van der Waals surface area (Å²) in [4.78, 5) is 23.8. The lowest BCUT2D eigenvalue weighted by Gasteiger charge is -2.26. The van der Waals surface area contributed by atoms with Gasteiger partial charge in [-0.3, -0.25) is 4.79 Å². The Balaban J connectivity index is 2.33. The molecule has 0 bridgehead atoms. The van der Waals surface area contributed by atoms with Crippen LogP contribution in [-0.4, -0.2) is 40.5 Å². The molecule has 0 spiro atoms. The number of esters is 1. The van der Waals surface area contributed by atoms with Gasteiger partial charge in [0.25, 0.3) is 5.91 Å². The van der Waals surface area contributed by atoms with E-state index in [1.807, 2.05) is 0 Å². The number of ether oxygens (including phenoxy) is 1. The highest BCUT2D eigenvalue weighted by Crippen LogP contribution is 2.27. The fourth-order valence-electron chi connectivity index (χ4n) is 1.89. The summed E-state index contributed by atoms with van der Waals surface area (Å²) in [7, 11) is 1.22. The van der Waals surface area contributed by atoms with Gasteiger partial charge < -0.3 is 9.84 Å². The third-order valence-corrected chi connectivity index (χ3v) is 3.36. The lowest BCUT2D eigenvalue weighted by molar-refractivity contribution is -0.133. The second kappa shape index (κ2) is 5.34. The Bertz CT molecular complexity index is 598. The Kier molecular flexibility index (Phi) is 3.92.